The number of benzene rings is 1. The van der Waals surface area contributed by atoms with E-state index in [4.69, 9.17) is 14.2 Å². The third kappa shape index (κ3) is 6.22. The van der Waals surface area contributed by atoms with Gasteiger partial charge in [0.05, 0.1) is 24.3 Å². The normalized spacial score (nSPS) is 11.5. The molecule has 3 rings (SSSR count). The number of carbonyl (C=O) groups excluding carboxylic acids is 4. The van der Waals surface area contributed by atoms with Crippen LogP contribution in [0.3, 0.4) is 0 Å². The van der Waals surface area contributed by atoms with E-state index in [1.165, 1.54) is 18.7 Å². The van der Waals surface area contributed by atoms with Gasteiger partial charge in [0.25, 0.3) is 5.91 Å². The molecule has 0 radical (unpaired) electrons. The Balaban J connectivity index is 1.75. The lowest BCUT2D eigenvalue weighted by atomic mass is 10.1. The molecule has 202 valence electrons. The number of amides is 1. The van der Waals surface area contributed by atoms with Crippen LogP contribution in [0.25, 0.3) is 5.69 Å². The van der Waals surface area contributed by atoms with E-state index in [9.17, 15) is 19.2 Å². The van der Waals surface area contributed by atoms with Crippen molar-refractivity contribution >= 4 is 51.9 Å². The van der Waals surface area contributed by atoms with Gasteiger partial charge in [-0.1, -0.05) is 11.8 Å². The highest BCUT2D eigenvalue weighted by Crippen LogP contribution is 2.34. The Bertz CT molecular complexity index is 1350. The Hall–Kier alpha value is -3.71. The van der Waals surface area contributed by atoms with Crippen molar-refractivity contribution in [1.82, 2.24) is 14.8 Å². The maximum atomic E-state index is 12.9. The van der Waals surface area contributed by atoms with Crippen molar-refractivity contribution in [3.63, 3.8) is 0 Å². The zero-order valence-electron chi connectivity index (χ0n) is 21.8. The van der Waals surface area contributed by atoms with E-state index in [2.05, 4.69) is 15.5 Å². The minimum absolute atomic E-state index is 0.0521. The molecule has 1 amide bonds. The fraction of sp³-hybridized carbons (Fsp3) is 0.360. The van der Waals surface area contributed by atoms with Crippen LogP contribution in [0.15, 0.2) is 29.4 Å². The average molecular weight is 561 g/mol. The summed E-state index contributed by atoms with van der Waals surface area (Å²) in [7, 11) is 0. The molecule has 1 N–H and O–H groups in total. The van der Waals surface area contributed by atoms with Crippen LogP contribution in [-0.4, -0.2) is 64.2 Å². The van der Waals surface area contributed by atoms with Crippen LogP contribution in [0, 0.1) is 13.8 Å². The lowest BCUT2D eigenvalue weighted by Gasteiger charge is -2.14. The van der Waals surface area contributed by atoms with Crippen molar-refractivity contribution in [2.45, 2.75) is 45.9 Å². The molecule has 2 heterocycles. The molecule has 0 aliphatic carbocycles. The van der Waals surface area contributed by atoms with Crippen molar-refractivity contribution in [3.05, 3.63) is 51.7 Å². The van der Waals surface area contributed by atoms with Crippen LogP contribution >= 0.6 is 23.1 Å². The molecule has 0 fully saturated rings. The first kappa shape index (κ1) is 28.9. The first-order chi connectivity index (χ1) is 18.1. The highest BCUT2D eigenvalue weighted by Gasteiger charge is 2.29. The van der Waals surface area contributed by atoms with E-state index in [1.807, 2.05) is 17.7 Å². The van der Waals surface area contributed by atoms with Crippen LogP contribution in [0.4, 0.5) is 5.00 Å². The number of hydrogen-bond acceptors (Lipinski definition) is 11. The van der Waals surface area contributed by atoms with Crippen LogP contribution in [0.1, 0.15) is 62.5 Å². The van der Waals surface area contributed by atoms with E-state index in [0.717, 1.165) is 17.0 Å². The van der Waals surface area contributed by atoms with Crippen molar-refractivity contribution in [1.29, 1.82) is 0 Å². The van der Waals surface area contributed by atoms with Gasteiger partial charge in [-0.15, -0.1) is 21.5 Å². The van der Waals surface area contributed by atoms with Crippen molar-refractivity contribution in [2.75, 3.05) is 24.8 Å². The lowest BCUT2D eigenvalue weighted by molar-refractivity contribution is -0.123. The summed E-state index contributed by atoms with van der Waals surface area (Å²) < 4.78 is 17.3. The van der Waals surface area contributed by atoms with Crippen LogP contribution in [0.2, 0.25) is 0 Å². The van der Waals surface area contributed by atoms with Crippen molar-refractivity contribution in [3.8, 4) is 5.69 Å². The van der Waals surface area contributed by atoms with E-state index < -0.39 is 29.9 Å². The average Bonchev–Trinajstić information content (AvgIpc) is 3.43. The second-order valence-corrected chi connectivity index (χ2v) is 9.65. The number of aryl methyl sites for hydroxylation is 1. The van der Waals surface area contributed by atoms with Gasteiger partial charge < -0.3 is 19.5 Å². The predicted octanol–water partition coefficient (Wildman–Crippen LogP) is 4.20. The highest BCUT2D eigenvalue weighted by molar-refractivity contribution is 7.98. The summed E-state index contributed by atoms with van der Waals surface area (Å²) >= 11 is 2.34. The maximum absolute atomic E-state index is 12.9. The number of rotatable bonds is 10. The van der Waals surface area contributed by atoms with Gasteiger partial charge in [-0.25, -0.2) is 14.4 Å². The minimum Gasteiger partial charge on any atom is -0.462 e. The van der Waals surface area contributed by atoms with E-state index in [0.29, 0.717) is 16.5 Å². The smallest absolute Gasteiger partial charge is 0.348 e. The number of thioether (sulfide) groups is 1. The molecule has 0 aliphatic rings. The number of ether oxygens (including phenoxy) is 3. The van der Waals surface area contributed by atoms with Crippen LogP contribution in [0.5, 0.6) is 0 Å². The van der Waals surface area contributed by atoms with Gasteiger partial charge in [-0.3, -0.25) is 9.36 Å². The Morgan fingerprint density at radius 3 is 2.24 bits per heavy atom. The van der Waals surface area contributed by atoms with Gasteiger partial charge in [0.1, 0.15) is 15.7 Å². The fourth-order valence-electron chi connectivity index (χ4n) is 3.46. The first-order valence-corrected chi connectivity index (χ1v) is 13.7. The van der Waals surface area contributed by atoms with Gasteiger partial charge in [-0.05, 0) is 70.7 Å². The molecule has 38 heavy (non-hydrogen) atoms. The van der Waals surface area contributed by atoms with Crippen LogP contribution < -0.4 is 5.32 Å². The third-order valence-electron chi connectivity index (χ3n) is 5.32. The standard InChI is InChI=1S/C25H28N4O7S2/c1-7-34-23(32)18-13(3)19(24(33)35-8-2)38-21(18)26-20(30)14(4)36-22(31)16-9-11-17(12-10-16)29-15(5)27-28-25(29)37-6/h9-12,14H,7-8H2,1-6H3,(H,26,30). The summed E-state index contributed by atoms with van der Waals surface area (Å²) in [6.45, 7) is 8.37. The number of carbonyl (C=O) groups is 4. The van der Waals surface area contributed by atoms with Gasteiger partial charge in [-0.2, -0.15) is 0 Å². The molecule has 13 heteroatoms. The van der Waals surface area contributed by atoms with Crippen LogP contribution in [-0.2, 0) is 19.0 Å². The van der Waals surface area contributed by atoms with Crippen molar-refractivity contribution in [2.24, 2.45) is 0 Å². The molecule has 11 nitrogen and oxygen atoms in total. The number of esters is 3. The predicted molar refractivity (Wildman–Crippen MR) is 142 cm³/mol. The summed E-state index contributed by atoms with van der Waals surface area (Å²) in [5, 5.41) is 11.6. The number of hydrogen-bond donors (Lipinski definition) is 1. The fourth-order valence-corrected chi connectivity index (χ4v) is 5.09. The quantitative estimate of drug-likeness (QED) is 0.218. The summed E-state index contributed by atoms with van der Waals surface area (Å²) in [5.74, 6) is -1.99. The lowest BCUT2D eigenvalue weighted by Crippen LogP contribution is -2.30. The van der Waals surface area contributed by atoms with Gasteiger partial charge in [0.15, 0.2) is 11.3 Å². The summed E-state index contributed by atoms with van der Waals surface area (Å²) in [4.78, 5) is 50.6. The van der Waals surface area contributed by atoms with Gasteiger partial charge >= 0.3 is 17.9 Å². The Morgan fingerprint density at radius 1 is 1.00 bits per heavy atom. The molecule has 0 saturated heterocycles. The number of nitrogens with zero attached hydrogens (tertiary/aromatic N) is 3. The van der Waals surface area contributed by atoms with Gasteiger partial charge in [0, 0.05) is 5.69 Å². The summed E-state index contributed by atoms with van der Waals surface area (Å²) in [6, 6.07) is 6.63. The Morgan fingerprint density at radius 2 is 1.63 bits per heavy atom. The molecule has 3 aromatic rings. The third-order valence-corrected chi connectivity index (χ3v) is 7.13. The number of aromatic nitrogens is 3. The summed E-state index contributed by atoms with van der Waals surface area (Å²) in [5.41, 5.74) is 1.40. The topological polar surface area (TPSA) is 139 Å². The largest absolute Gasteiger partial charge is 0.462 e. The van der Waals surface area contributed by atoms with E-state index in [-0.39, 0.29) is 34.2 Å². The maximum Gasteiger partial charge on any atom is 0.348 e. The summed E-state index contributed by atoms with van der Waals surface area (Å²) in [6.07, 6.45) is 0.692. The zero-order chi connectivity index (χ0) is 28.0. The molecule has 1 unspecified atom stereocenters. The molecule has 2 aromatic heterocycles. The van der Waals surface area contributed by atoms with E-state index in [1.54, 1.807) is 45.0 Å². The molecule has 0 aliphatic heterocycles. The van der Waals surface area contributed by atoms with Crippen molar-refractivity contribution < 1.29 is 33.4 Å². The molecular formula is C25H28N4O7S2. The molecular weight excluding hydrogens is 532 g/mol. The Labute approximate surface area is 227 Å². The highest BCUT2D eigenvalue weighted by atomic mass is 32.2. The number of thiophene rings is 1. The molecule has 0 spiro atoms. The molecule has 1 aromatic carbocycles. The zero-order valence-corrected chi connectivity index (χ0v) is 23.4. The second kappa shape index (κ2) is 12.7. The first-order valence-electron chi connectivity index (χ1n) is 11.7. The molecule has 1 atom stereocenters. The number of nitrogens with one attached hydrogen (secondary N) is 1. The Kier molecular flexibility index (Phi) is 9.64. The number of anilines is 1. The SMILES string of the molecule is CCOC(=O)c1sc(NC(=O)C(C)OC(=O)c2ccc(-n3c(C)nnc3SC)cc2)c(C(=O)OCC)c1C. The monoisotopic (exact) mass is 560 g/mol. The second-order valence-electron chi connectivity index (χ2n) is 7.85. The van der Waals surface area contributed by atoms with Gasteiger partial charge in [0.2, 0.25) is 0 Å². The molecule has 0 saturated carbocycles. The van der Waals surface area contributed by atoms with E-state index >= 15 is 0 Å². The minimum atomic E-state index is -1.20. The molecule has 0 bridgehead atoms.